The van der Waals surface area contributed by atoms with E-state index in [0.29, 0.717) is 60.6 Å². The molecule has 14 atom stereocenters. The van der Waals surface area contributed by atoms with Crippen molar-refractivity contribution in [1.29, 1.82) is 0 Å². The van der Waals surface area contributed by atoms with E-state index in [0.717, 1.165) is 19.3 Å². The number of benzene rings is 1. The molecule has 4 saturated carbocycles. The molecule has 46 heavy (non-hydrogen) atoms. The largest absolute Gasteiger partial charge is 0.347 e. The van der Waals surface area contributed by atoms with Crippen molar-refractivity contribution >= 4 is 0 Å². The minimum atomic E-state index is -0.514. The SMILES string of the molecule is CC1O[C@H]([C@@H](C)[C@H]2CC[C@H]3[C@@H]4CC5(OCCO5)[C@H]5C[C@@H]6OC(C)(C)O[C@@H]6C[C@]5(C)[C@H]4CC[C@]23C)[C@@H]([C@@H](c2ccccc2)C(C)C)O1. The van der Waals surface area contributed by atoms with Crippen molar-refractivity contribution in [3.8, 4) is 0 Å². The highest BCUT2D eigenvalue weighted by Crippen LogP contribution is 2.71. The molecule has 256 valence electrons. The maximum absolute atomic E-state index is 6.76. The van der Waals surface area contributed by atoms with Crippen molar-refractivity contribution < 1.29 is 28.4 Å². The fraction of sp³-hybridized carbons (Fsp3) is 0.850. The molecule has 0 bridgehead atoms. The Hall–Kier alpha value is -1.02. The minimum Gasteiger partial charge on any atom is -0.347 e. The average molecular weight is 637 g/mol. The molecule has 1 aromatic carbocycles. The molecule has 3 heterocycles. The van der Waals surface area contributed by atoms with Crippen LogP contribution < -0.4 is 0 Å². The van der Waals surface area contributed by atoms with Crippen LogP contribution in [0.15, 0.2) is 30.3 Å². The standard InChI is InChI=1S/C40H60O6/c1-23(2)34(26-12-10-9-11-13-26)36-35(43-25(4)44-36)24(3)28-14-15-29-27-21-40(41-18-19-42-40)33-20-31-32(46-37(5,6)45-31)22-39(33,8)30(27)16-17-38(28,29)7/h9-13,23-25,27-36H,14-22H2,1-8H3/t24-,25?,27-,28+,29-,30-,31-,32+,33-,34+,35+,36+,38+,39+/m0/s1. The van der Waals surface area contributed by atoms with E-state index in [2.05, 4.69) is 85.7 Å². The summed E-state index contributed by atoms with van der Waals surface area (Å²) in [5.41, 5.74) is 1.76. The third kappa shape index (κ3) is 4.85. The van der Waals surface area contributed by atoms with E-state index in [-0.39, 0.29) is 41.5 Å². The third-order valence-electron chi connectivity index (χ3n) is 14.8. The van der Waals surface area contributed by atoms with Crippen LogP contribution in [0.1, 0.15) is 112 Å². The molecule has 6 nitrogen and oxygen atoms in total. The van der Waals surface area contributed by atoms with Crippen LogP contribution in [0.2, 0.25) is 0 Å². The van der Waals surface area contributed by atoms with Crippen molar-refractivity contribution in [1.82, 2.24) is 0 Å². The molecular formula is C40H60O6. The summed E-state index contributed by atoms with van der Waals surface area (Å²) in [5, 5.41) is 0. The number of rotatable bonds is 5. The Morgan fingerprint density at radius 1 is 0.761 bits per heavy atom. The smallest absolute Gasteiger partial charge is 0.172 e. The van der Waals surface area contributed by atoms with Gasteiger partial charge in [0, 0.05) is 18.3 Å². The Labute approximate surface area is 277 Å². The Morgan fingerprint density at radius 3 is 2.15 bits per heavy atom. The van der Waals surface area contributed by atoms with Crippen LogP contribution >= 0.6 is 0 Å². The summed E-state index contributed by atoms with van der Waals surface area (Å²) in [6.07, 6.45) is 8.50. The summed E-state index contributed by atoms with van der Waals surface area (Å²) in [6.45, 7) is 20.1. The highest BCUT2D eigenvalue weighted by atomic mass is 16.8. The lowest BCUT2D eigenvalue weighted by Crippen LogP contribution is -2.65. The van der Waals surface area contributed by atoms with E-state index in [1.165, 1.54) is 31.2 Å². The fourth-order valence-electron chi connectivity index (χ4n) is 13.2. The second kappa shape index (κ2) is 11.3. The van der Waals surface area contributed by atoms with Gasteiger partial charge in [-0.2, -0.15) is 0 Å². The van der Waals surface area contributed by atoms with E-state index in [9.17, 15) is 0 Å². The zero-order valence-electron chi connectivity index (χ0n) is 29.7. The number of hydrogen-bond acceptors (Lipinski definition) is 6. The lowest BCUT2D eigenvalue weighted by molar-refractivity contribution is -0.301. The van der Waals surface area contributed by atoms with Crippen LogP contribution in [-0.2, 0) is 28.4 Å². The molecule has 1 aromatic rings. The molecule has 0 radical (unpaired) electrons. The third-order valence-corrected chi connectivity index (χ3v) is 14.8. The monoisotopic (exact) mass is 636 g/mol. The van der Waals surface area contributed by atoms with Gasteiger partial charge in [-0.15, -0.1) is 0 Å². The van der Waals surface area contributed by atoms with Gasteiger partial charge >= 0.3 is 0 Å². The first-order valence-corrected chi connectivity index (χ1v) is 18.8. The van der Waals surface area contributed by atoms with Crippen molar-refractivity contribution in [2.24, 2.45) is 52.3 Å². The Kier molecular flexibility index (Phi) is 7.88. The van der Waals surface area contributed by atoms with E-state index in [1.54, 1.807) is 0 Å². The molecule has 0 N–H and O–H groups in total. The van der Waals surface area contributed by atoms with Gasteiger partial charge in [-0.05, 0) is 111 Å². The van der Waals surface area contributed by atoms with Crippen LogP contribution in [0.4, 0.5) is 0 Å². The summed E-state index contributed by atoms with van der Waals surface area (Å²) in [7, 11) is 0. The zero-order chi connectivity index (χ0) is 32.2. The average Bonchev–Trinajstić information content (AvgIpc) is 3.76. The lowest BCUT2D eigenvalue weighted by atomic mass is 9.42. The van der Waals surface area contributed by atoms with Crippen molar-refractivity contribution in [3.63, 3.8) is 0 Å². The second-order valence-electron chi connectivity index (χ2n) is 17.8. The highest BCUT2D eigenvalue weighted by molar-refractivity contribution is 5.23. The van der Waals surface area contributed by atoms with E-state index >= 15 is 0 Å². The Balaban J connectivity index is 1.08. The quantitative estimate of drug-likeness (QED) is 0.324. The van der Waals surface area contributed by atoms with Crippen LogP contribution in [-0.4, -0.2) is 55.5 Å². The Bertz CT molecular complexity index is 1260. The van der Waals surface area contributed by atoms with Gasteiger partial charge in [-0.25, -0.2) is 0 Å². The number of hydrogen-bond donors (Lipinski definition) is 0. The normalized spacial score (nSPS) is 48.5. The van der Waals surface area contributed by atoms with Crippen LogP contribution in [0.25, 0.3) is 0 Å². The maximum atomic E-state index is 6.76. The zero-order valence-corrected chi connectivity index (χ0v) is 29.7. The fourth-order valence-corrected chi connectivity index (χ4v) is 13.2. The van der Waals surface area contributed by atoms with Gasteiger partial charge in [0.15, 0.2) is 17.9 Å². The number of fused-ring (bicyclic) bond motifs is 7. The molecule has 0 aromatic heterocycles. The molecule has 3 aliphatic heterocycles. The molecule has 3 saturated heterocycles. The van der Waals surface area contributed by atoms with Crippen LogP contribution in [0, 0.1) is 52.3 Å². The molecule has 1 spiro atoms. The molecular weight excluding hydrogens is 576 g/mol. The van der Waals surface area contributed by atoms with Gasteiger partial charge in [0.05, 0.1) is 37.6 Å². The second-order valence-corrected chi connectivity index (χ2v) is 17.8. The van der Waals surface area contributed by atoms with E-state index in [4.69, 9.17) is 28.4 Å². The summed E-state index contributed by atoms with van der Waals surface area (Å²) < 4.78 is 40.0. The summed E-state index contributed by atoms with van der Waals surface area (Å²) in [5.74, 6) is 3.10. The van der Waals surface area contributed by atoms with Crippen molar-refractivity contribution in [2.45, 2.75) is 149 Å². The van der Waals surface area contributed by atoms with Gasteiger partial charge < -0.3 is 28.4 Å². The van der Waals surface area contributed by atoms with E-state index in [1.807, 2.05) is 0 Å². The van der Waals surface area contributed by atoms with Crippen molar-refractivity contribution in [2.75, 3.05) is 13.2 Å². The van der Waals surface area contributed by atoms with Gasteiger partial charge in [-0.3, -0.25) is 0 Å². The van der Waals surface area contributed by atoms with Crippen molar-refractivity contribution in [3.05, 3.63) is 35.9 Å². The predicted molar refractivity (Wildman–Crippen MR) is 177 cm³/mol. The molecule has 4 aliphatic carbocycles. The van der Waals surface area contributed by atoms with E-state index < -0.39 is 11.6 Å². The lowest BCUT2D eigenvalue weighted by Gasteiger charge is -2.65. The van der Waals surface area contributed by atoms with Gasteiger partial charge in [0.25, 0.3) is 0 Å². The minimum absolute atomic E-state index is 0.0670. The topological polar surface area (TPSA) is 55.4 Å². The molecule has 7 fully saturated rings. The number of ether oxygens (including phenoxy) is 6. The van der Waals surface area contributed by atoms with Gasteiger partial charge in [-0.1, -0.05) is 65.0 Å². The Morgan fingerprint density at radius 2 is 1.43 bits per heavy atom. The first-order valence-electron chi connectivity index (χ1n) is 18.8. The van der Waals surface area contributed by atoms with Crippen LogP contribution in [0.3, 0.4) is 0 Å². The van der Waals surface area contributed by atoms with Gasteiger partial charge in [0.2, 0.25) is 0 Å². The molecule has 0 amide bonds. The molecule has 7 aliphatic rings. The first-order chi connectivity index (χ1) is 21.9. The predicted octanol–water partition coefficient (Wildman–Crippen LogP) is 8.33. The maximum Gasteiger partial charge on any atom is 0.172 e. The molecule has 6 heteroatoms. The molecule has 8 rings (SSSR count). The first kappa shape index (κ1) is 32.2. The van der Waals surface area contributed by atoms with Gasteiger partial charge in [0.1, 0.15) is 0 Å². The van der Waals surface area contributed by atoms with Crippen LogP contribution in [0.5, 0.6) is 0 Å². The summed E-state index contributed by atoms with van der Waals surface area (Å²) in [4.78, 5) is 0. The highest BCUT2D eigenvalue weighted by Gasteiger charge is 2.70. The molecule has 1 unspecified atom stereocenters. The summed E-state index contributed by atoms with van der Waals surface area (Å²) >= 11 is 0. The summed E-state index contributed by atoms with van der Waals surface area (Å²) in [6, 6.07) is 11.0.